The fourth-order valence-corrected chi connectivity index (χ4v) is 2.15. The average molecular weight is 361 g/mol. The molecule has 0 aromatic heterocycles. The van der Waals surface area contributed by atoms with Crippen LogP contribution in [0.25, 0.3) is 0 Å². The maximum Gasteiger partial charge on any atom is 0.342 e. The third kappa shape index (κ3) is 5.33. The molecule has 0 bridgehead atoms. The molecular formula is C20H21ClO4. The molecule has 0 aliphatic carbocycles. The fraction of sp³-hybridized carbons (Fsp3) is 0.300. The van der Waals surface area contributed by atoms with Gasteiger partial charge in [0.15, 0.2) is 12.4 Å². The SMILES string of the molecule is CC(C)(C)C(=O)COC(=O)c1ccccc1OCc1ccccc1Cl. The summed E-state index contributed by atoms with van der Waals surface area (Å²) in [4.78, 5) is 24.2. The zero-order valence-corrected chi connectivity index (χ0v) is 15.3. The molecule has 0 N–H and O–H groups in total. The van der Waals surface area contributed by atoms with Crippen molar-refractivity contribution in [2.75, 3.05) is 6.61 Å². The van der Waals surface area contributed by atoms with Gasteiger partial charge >= 0.3 is 5.97 Å². The Morgan fingerprint density at radius 2 is 1.64 bits per heavy atom. The number of para-hydroxylation sites is 1. The van der Waals surface area contributed by atoms with Crippen LogP contribution in [0.2, 0.25) is 5.02 Å². The summed E-state index contributed by atoms with van der Waals surface area (Å²) >= 11 is 6.11. The molecule has 0 saturated heterocycles. The van der Waals surface area contributed by atoms with Crippen LogP contribution in [-0.2, 0) is 16.1 Å². The van der Waals surface area contributed by atoms with E-state index in [0.717, 1.165) is 5.56 Å². The number of esters is 1. The number of hydrogen-bond acceptors (Lipinski definition) is 4. The second kappa shape index (κ2) is 8.17. The van der Waals surface area contributed by atoms with Crippen LogP contribution in [0, 0.1) is 5.41 Å². The van der Waals surface area contributed by atoms with Gasteiger partial charge in [-0.2, -0.15) is 0 Å². The van der Waals surface area contributed by atoms with E-state index in [9.17, 15) is 9.59 Å². The normalized spacial score (nSPS) is 11.0. The lowest BCUT2D eigenvalue weighted by Crippen LogP contribution is -2.26. The van der Waals surface area contributed by atoms with Crippen molar-refractivity contribution in [2.24, 2.45) is 5.41 Å². The molecule has 0 atom stereocenters. The van der Waals surface area contributed by atoms with Crippen LogP contribution in [-0.4, -0.2) is 18.4 Å². The van der Waals surface area contributed by atoms with Crippen molar-refractivity contribution in [1.29, 1.82) is 0 Å². The molecule has 0 unspecified atom stereocenters. The van der Waals surface area contributed by atoms with Crippen LogP contribution in [0.4, 0.5) is 0 Å². The highest BCUT2D eigenvalue weighted by Crippen LogP contribution is 2.23. The van der Waals surface area contributed by atoms with Crippen molar-refractivity contribution < 1.29 is 19.1 Å². The molecule has 4 nitrogen and oxygen atoms in total. The van der Waals surface area contributed by atoms with Crippen LogP contribution in [0.15, 0.2) is 48.5 Å². The van der Waals surface area contributed by atoms with Gasteiger partial charge in [-0.25, -0.2) is 4.79 Å². The van der Waals surface area contributed by atoms with Gasteiger partial charge in [-0.1, -0.05) is 62.7 Å². The first-order valence-corrected chi connectivity index (χ1v) is 8.32. The van der Waals surface area contributed by atoms with Gasteiger partial charge in [0, 0.05) is 16.0 Å². The summed E-state index contributed by atoms with van der Waals surface area (Å²) < 4.78 is 10.9. The van der Waals surface area contributed by atoms with Crippen LogP contribution < -0.4 is 4.74 Å². The molecule has 0 amide bonds. The van der Waals surface area contributed by atoms with E-state index in [1.807, 2.05) is 18.2 Å². The Labute approximate surface area is 152 Å². The highest BCUT2D eigenvalue weighted by atomic mass is 35.5. The van der Waals surface area contributed by atoms with E-state index in [0.29, 0.717) is 10.8 Å². The van der Waals surface area contributed by atoms with Crippen LogP contribution in [0.1, 0.15) is 36.7 Å². The van der Waals surface area contributed by atoms with Crippen LogP contribution in [0.5, 0.6) is 5.75 Å². The van der Waals surface area contributed by atoms with Crippen molar-refractivity contribution in [3.63, 3.8) is 0 Å². The number of rotatable bonds is 6. The summed E-state index contributed by atoms with van der Waals surface area (Å²) in [5.41, 5.74) is 0.534. The molecule has 2 aromatic rings. The predicted octanol–water partition coefficient (Wildman–Crippen LogP) is 4.69. The molecule has 2 rings (SSSR count). The van der Waals surface area contributed by atoms with E-state index in [2.05, 4.69) is 0 Å². The molecule has 0 heterocycles. The summed E-state index contributed by atoms with van der Waals surface area (Å²) in [6.45, 7) is 5.31. The van der Waals surface area contributed by atoms with E-state index < -0.39 is 11.4 Å². The van der Waals surface area contributed by atoms with Crippen molar-refractivity contribution in [3.05, 3.63) is 64.7 Å². The summed E-state index contributed by atoms with van der Waals surface area (Å²) in [6, 6.07) is 14.1. The third-order valence-corrected chi connectivity index (χ3v) is 3.99. The molecule has 0 aliphatic rings. The highest BCUT2D eigenvalue weighted by molar-refractivity contribution is 6.31. The van der Waals surface area contributed by atoms with Gasteiger partial charge in [-0.3, -0.25) is 4.79 Å². The van der Waals surface area contributed by atoms with Gasteiger partial charge in [0.1, 0.15) is 17.9 Å². The minimum Gasteiger partial charge on any atom is -0.488 e. The largest absolute Gasteiger partial charge is 0.488 e. The summed E-state index contributed by atoms with van der Waals surface area (Å²) in [7, 11) is 0. The Hall–Kier alpha value is -2.33. The minimum atomic E-state index is -0.590. The molecule has 0 fully saturated rings. The van der Waals surface area contributed by atoms with Crippen LogP contribution in [0.3, 0.4) is 0 Å². The van der Waals surface area contributed by atoms with Gasteiger partial charge in [0.05, 0.1) is 0 Å². The van der Waals surface area contributed by atoms with Gasteiger partial charge in [-0.15, -0.1) is 0 Å². The monoisotopic (exact) mass is 360 g/mol. The van der Waals surface area contributed by atoms with Crippen molar-refractivity contribution in [1.82, 2.24) is 0 Å². The van der Waals surface area contributed by atoms with Gasteiger partial charge in [-0.05, 0) is 18.2 Å². The van der Waals surface area contributed by atoms with Gasteiger partial charge < -0.3 is 9.47 Å². The molecular weight excluding hydrogens is 340 g/mol. The Kier molecular flexibility index (Phi) is 6.21. The van der Waals surface area contributed by atoms with Gasteiger partial charge in [0.2, 0.25) is 0 Å². The number of benzene rings is 2. The number of carbonyl (C=O) groups excluding carboxylic acids is 2. The summed E-state index contributed by atoms with van der Waals surface area (Å²) in [5, 5.41) is 0.596. The minimum absolute atomic E-state index is 0.143. The van der Waals surface area contributed by atoms with Crippen LogP contribution >= 0.6 is 11.6 Å². The Morgan fingerprint density at radius 3 is 2.32 bits per heavy atom. The number of carbonyl (C=O) groups is 2. The topological polar surface area (TPSA) is 52.6 Å². The number of Topliss-reactive ketones (excluding diaryl/α,β-unsaturated/α-hetero) is 1. The fourth-order valence-electron chi connectivity index (χ4n) is 1.96. The van der Waals surface area contributed by atoms with Crippen molar-refractivity contribution in [2.45, 2.75) is 27.4 Å². The Bertz CT molecular complexity index is 762. The molecule has 2 aromatic carbocycles. The number of ether oxygens (including phenoxy) is 2. The van der Waals surface area contributed by atoms with E-state index in [-0.39, 0.29) is 24.6 Å². The molecule has 5 heteroatoms. The molecule has 25 heavy (non-hydrogen) atoms. The first-order chi connectivity index (χ1) is 11.8. The number of hydrogen-bond donors (Lipinski definition) is 0. The first-order valence-electron chi connectivity index (χ1n) is 7.94. The van der Waals surface area contributed by atoms with Crippen molar-refractivity contribution >= 4 is 23.4 Å². The lowest BCUT2D eigenvalue weighted by atomic mass is 9.91. The molecule has 0 radical (unpaired) electrons. The summed E-state index contributed by atoms with van der Waals surface area (Å²) in [6.07, 6.45) is 0. The zero-order valence-electron chi connectivity index (χ0n) is 14.5. The second-order valence-corrected chi connectivity index (χ2v) is 7.03. The van der Waals surface area contributed by atoms with E-state index >= 15 is 0 Å². The maximum atomic E-state index is 12.3. The van der Waals surface area contributed by atoms with E-state index in [1.54, 1.807) is 51.1 Å². The number of ketones is 1. The lowest BCUT2D eigenvalue weighted by Gasteiger charge is -2.17. The van der Waals surface area contributed by atoms with Crippen molar-refractivity contribution in [3.8, 4) is 5.75 Å². The Balaban J connectivity index is 2.06. The molecule has 0 saturated carbocycles. The maximum absolute atomic E-state index is 12.3. The molecule has 132 valence electrons. The van der Waals surface area contributed by atoms with Gasteiger partial charge in [0.25, 0.3) is 0 Å². The number of halogens is 1. The quantitative estimate of drug-likeness (QED) is 0.701. The standard InChI is InChI=1S/C20H21ClO4/c1-20(2,3)18(22)13-25-19(23)15-9-5-7-11-17(15)24-12-14-8-4-6-10-16(14)21/h4-11H,12-13H2,1-3H3. The second-order valence-electron chi connectivity index (χ2n) is 6.63. The first kappa shape index (κ1) is 19.0. The third-order valence-electron chi connectivity index (χ3n) is 3.62. The smallest absolute Gasteiger partial charge is 0.342 e. The van der Waals surface area contributed by atoms with E-state index in [4.69, 9.17) is 21.1 Å². The van der Waals surface area contributed by atoms with E-state index in [1.165, 1.54) is 0 Å². The molecule has 0 spiro atoms. The lowest BCUT2D eigenvalue weighted by molar-refractivity contribution is -0.129. The average Bonchev–Trinajstić information content (AvgIpc) is 2.58. The Morgan fingerprint density at radius 1 is 1.00 bits per heavy atom. The zero-order chi connectivity index (χ0) is 18.4. The highest BCUT2D eigenvalue weighted by Gasteiger charge is 2.23. The summed E-state index contributed by atoms with van der Waals surface area (Å²) in [5.74, 6) is -0.349. The molecule has 0 aliphatic heterocycles. The predicted molar refractivity (Wildman–Crippen MR) is 97.0 cm³/mol.